The number of halogens is 1. The maximum Gasteiger partial charge on any atom is 0.404 e. The summed E-state index contributed by atoms with van der Waals surface area (Å²) in [5.74, 6) is -1.36. The van der Waals surface area contributed by atoms with Gasteiger partial charge >= 0.3 is 6.09 Å². The van der Waals surface area contributed by atoms with Gasteiger partial charge < -0.3 is 31.5 Å². The number of carbonyl (C=O) groups is 2. The molecule has 0 radical (unpaired) electrons. The van der Waals surface area contributed by atoms with E-state index in [1.807, 2.05) is 6.92 Å². The molecule has 4 rings (SSSR count). The van der Waals surface area contributed by atoms with Crippen molar-refractivity contribution in [2.24, 2.45) is 11.7 Å². The Morgan fingerprint density at radius 1 is 1.33 bits per heavy atom. The summed E-state index contributed by atoms with van der Waals surface area (Å²) in [5.41, 5.74) is 6.18. The quantitative estimate of drug-likeness (QED) is 0.262. The smallest absolute Gasteiger partial charge is 0.404 e. The second kappa shape index (κ2) is 10.4. The van der Waals surface area contributed by atoms with Crippen LogP contribution in [-0.2, 0) is 0 Å². The van der Waals surface area contributed by atoms with Crippen LogP contribution in [0.4, 0.5) is 26.5 Å². The van der Waals surface area contributed by atoms with Gasteiger partial charge in [-0.05, 0) is 44.7 Å². The molecular weight excluding hydrogens is 473 g/mol. The minimum Gasteiger partial charge on any atom is -0.476 e. The molecule has 36 heavy (non-hydrogen) atoms. The van der Waals surface area contributed by atoms with Crippen molar-refractivity contribution in [2.45, 2.75) is 38.8 Å². The molecule has 13 nitrogen and oxygen atoms in total. The van der Waals surface area contributed by atoms with E-state index < -0.39 is 29.9 Å². The number of amides is 2. The molecule has 1 aliphatic rings. The standard InChI is InChI=1S/C22H26FN9O4/c1-3-36-21-16(32-7-6-26-31-32)8-13(10-25-21)28-19-14(18(24)33)9-15(23)20(30-19)29-17(12-4-5-12)11(2)27-22(34)35/h6-12,17,27H,3-5H2,1-2H3,(H2,24,33)(H,34,35)(H2,28,29,30)/t11-,17+/m0/s1. The van der Waals surface area contributed by atoms with Gasteiger partial charge in [0, 0.05) is 6.04 Å². The lowest BCUT2D eigenvalue weighted by atomic mass is 10.0. The third-order valence-corrected chi connectivity index (χ3v) is 5.61. The maximum absolute atomic E-state index is 14.9. The molecule has 0 aliphatic heterocycles. The summed E-state index contributed by atoms with van der Waals surface area (Å²) in [4.78, 5) is 31.8. The number of aromatic nitrogens is 5. The van der Waals surface area contributed by atoms with Gasteiger partial charge in [-0.15, -0.1) is 5.10 Å². The van der Waals surface area contributed by atoms with Gasteiger partial charge in [0.2, 0.25) is 5.88 Å². The maximum atomic E-state index is 14.9. The zero-order valence-electron chi connectivity index (χ0n) is 19.6. The van der Waals surface area contributed by atoms with Gasteiger partial charge in [-0.3, -0.25) is 4.79 Å². The molecule has 0 aromatic carbocycles. The van der Waals surface area contributed by atoms with E-state index in [1.165, 1.54) is 17.1 Å². The van der Waals surface area contributed by atoms with Crippen LogP contribution in [0.1, 0.15) is 37.0 Å². The van der Waals surface area contributed by atoms with Crippen LogP contribution in [0.2, 0.25) is 0 Å². The van der Waals surface area contributed by atoms with Crippen LogP contribution >= 0.6 is 0 Å². The van der Waals surface area contributed by atoms with Crippen LogP contribution < -0.4 is 26.4 Å². The number of nitrogens with two attached hydrogens (primary N) is 1. The Balaban J connectivity index is 1.67. The van der Waals surface area contributed by atoms with Crippen LogP contribution in [0.15, 0.2) is 30.7 Å². The van der Waals surface area contributed by atoms with Gasteiger partial charge in [0.1, 0.15) is 11.5 Å². The zero-order valence-corrected chi connectivity index (χ0v) is 19.6. The molecular formula is C22H26FN9O4. The third-order valence-electron chi connectivity index (χ3n) is 5.61. The largest absolute Gasteiger partial charge is 0.476 e. The summed E-state index contributed by atoms with van der Waals surface area (Å²) >= 11 is 0. The summed E-state index contributed by atoms with van der Waals surface area (Å²) in [6, 6.07) is 1.73. The molecule has 0 spiro atoms. The Labute approximate surface area is 205 Å². The first kappa shape index (κ1) is 24.6. The Bertz CT molecular complexity index is 1250. The molecule has 1 saturated carbocycles. The summed E-state index contributed by atoms with van der Waals surface area (Å²) in [6.07, 6.45) is 5.13. The van der Waals surface area contributed by atoms with Crippen molar-refractivity contribution in [1.82, 2.24) is 30.3 Å². The number of rotatable bonds is 11. The van der Waals surface area contributed by atoms with Crippen LogP contribution in [0.5, 0.6) is 5.88 Å². The van der Waals surface area contributed by atoms with Crippen molar-refractivity contribution in [3.8, 4) is 11.6 Å². The van der Waals surface area contributed by atoms with E-state index >= 15 is 0 Å². The summed E-state index contributed by atoms with van der Waals surface area (Å²) in [6.45, 7) is 3.88. The molecule has 0 saturated heterocycles. The number of hydrogen-bond donors (Lipinski definition) is 5. The molecule has 3 aromatic rings. The molecule has 0 bridgehead atoms. The first-order valence-electron chi connectivity index (χ1n) is 11.3. The van der Waals surface area contributed by atoms with Crippen molar-refractivity contribution >= 4 is 29.3 Å². The Hall–Kier alpha value is -4.49. The lowest BCUT2D eigenvalue weighted by molar-refractivity contribution is 0.1000. The highest BCUT2D eigenvalue weighted by molar-refractivity contribution is 5.98. The van der Waals surface area contributed by atoms with Crippen molar-refractivity contribution in [2.75, 3.05) is 17.2 Å². The highest BCUT2D eigenvalue weighted by Crippen LogP contribution is 2.36. The normalized spacial score (nSPS) is 14.5. The number of carboxylic acid groups (broad SMARTS) is 1. The molecule has 6 N–H and O–H groups in total. The predicted octanol–water partition coefficient (Wildman–Crippen LogP) is 2.28. The second-order valence-electron chi connectivity index (χ2n) is 8.28. The van der Waals surface area contributed by atoms with Crippen LogP contribution in [-0.4, -0.2) is 60.8 Å². The second-order valence-corrected chi connectivity index (χ2v) is 8.28. The number of ether oxygens (including phenoxy) is 1. The highest BCUT2D eigenvalue weighted by atomic mass is 19.1. The minimum atomic E-state index is -1.18. The molecule has 3 aromatic heterocycles. The van der Waals surface area contributed by atoms with Gasteiger partial charge in [0.25, 0.3) is 5.91 Å². The molecule has 2 atom stereocenters. The van der Waals surface area contributed by atoms with E-state index in [0.29, 0.717) is 23.9 Å². The van der Waals surface area contributed by atoms with Gasteiger partial charge in [-0.25, -0.2) is 23.8 Å². The fourth-order valence-electron chi connectivity index (χ4n) is 3.82. The van der Waals surface area contributed by atoms with Crippen molar-refractivity contribution in [1.29, 1.82) is 0 Å². The van der Waals surface area contributed by atoms with E-state index in [4.69, 9.17) is 15.6 Å². The molecule has 1 aliphatic carbocycles. The summed E-state index contributed by atoms with van der Waals surface area (Å²) in [7, 11) is 0. The number of anilines is 3. The molecule has 2 amide bonds. The highest BCUT2D eigenvalue weighted by Gasteiger charge is 2.36. The Morgan fingerprint density at radius 2 is 2.11 bits per heavy atom. The van der Waals surface area contributed by atoms with E-state index in [2.05, 4.69) is 36.2 Å². The topological polar surface area (TPSA) is 182 Å². The SMILES string of the molecule is CCOc1ncc(Nc2nc(N[C@@H](C3CC3)[C@H](C)NC(=O)O)c(F)cc2C(N)=O)cc1-n1ccnn1. The monoisotopic (exact) mass is 499 g/mol. The molecule has 1 fully saturated rings. The van der Waals surface area contributed by atoms with Gasteiger partial charge in [0.05, 0.1) is 42.5 Å². The van der Waals surface area contributed by atoms with Gasteiger partial charge in [-0.2, -0.15) is 0 Å². The van der Waals surface area contributed by atoms with Crippen molar-refractivity contribution in [3.05, 3.63) is 42.1 Å². The number of nitrogens with one attached hydrogen (secondary N) is 3. The fourth-order valence-corrected chi connectivity index (χ4v) is 3.82. The number of carbonyl (C=O) groups excluding carboxylic acids is 1. The fraction of sp³-hybridized carbons (Fsp3) is 0.364. The summed E-state index contributed by atoms with van der Waals surface area (Å²) < 4.78 is 22.0. The van der Waals surface area contributed by atoms with E-state index in [1.54, 1.807) is 19.2 Å². The predicted molar refractivity (Wildman–Crippen MR) is 127 cm³/mol. The first-order valence-corrected chi connectivity index (χ1v) is 11.3. The van der Waals surface area contributed by atoms with E-state index in [9.17, 15) is 14.0 Å². The number of pyridine rings is 2. The van der Waals surface area contributed by atoms with Gasteiger partial charge in [-0.1, -0.05) is 5.21 Å². The lowest BCUT2D eigenvalue weighted by Gasteiger charge is -2.26. The molecule has 14 heteroatoms. The third kappa shape index (κ3) is 5.59. The van der Waals surface area contributed by atoms with Crippen LogP contribution in [0, 0.1) is 11.7 Å². The molecule has 3 heterocycles. The zero-order chi connectivity index (χ0) is 25.8. The van der Waals surface area contributed by atoms with Gasteiger partial charge in [0.15, 0.2) is 11.6 Å². The molecule has 0 unspecified atom stereocenters. The van der Waals surface area contributed by atoms with E-state index in [-0.39, 0.29) is 23.1 Å². The van der Waals surface area contributed by atoms with Crippen LogP contribution in [0.3, 0.4) is 0 Å². The lowest BCUT2D eigenvalue weighted by Crippen LogP contribution is -2.45. The number of nitrogens with zero attached hydrogens (tertiary/aromatic N) is 5. The Morgan fingerprint density at radius 3 is 2.72 bits per heavy atom. The Kier molecular flexibility index (Phi) is 7.12. The van der Waals surface area contributed by atoms with E-state index in [0.717, 1.165) is 18.9 Å². The average molecular weight is 500 g/mol. The van der Waals surface area contributed by atoms with Crippen LogP contribution in [0.25, 0.3) is 5.69 Å². The number of hydrogen-bond acceptors (Lipinski definition) is 9. The van der Waals surface area contributed by atoms with Crippen molar-refractivity contribution in [3.63, 3.8) is 0 Å². The van der Waals surface area contributed by atoms with Crippen molar-refractivity contribution < 1.29 is 23.8 Å². The number of primary amides is 1. The minimum absolute atomic E-state index is 0.00436. The molecule has 190 valence electrons. The average Bonchev–Trinajstić information content (AvgIpc) is 3.51. The summed E-state index contributed by atoms with van der Waals surface area (Å²) in [5, 5.41) is 25.2. The first-order chi connectivity index (χ1) is 17.3.